The Hall–Kier alpha value is -10.0. The topological polar surface area (TPSA) is 8.17 Å². The van der Waals surface area contributed by atoms with Crippen LogP contribution < -0.4 is 4.90 Å². The second-order valence-electron chi connectivity index (χ2n) is 21.6. The molecule has 0 saturated carbocycles. The van der Waals surface area contributed by atoms with Crippen LogP contribution in [0.2, 0.25) is 0 Å². The van der Waals surface area contributed by atoms with Crippen molar-refractivity contribution in [2.45, 2.75) is 19.3 Å². The standard InChI is InChI=1S/C77H54N2/c1-77(2)71-49-58(76-67-32-17-15-30-65(67)75(66-31-16-18-33-68(66)76)57-27-19-26-54(46-57)51-20-7-3-8-21-51)34-42-63(71)64-43-41-62(50-72(64)77)78(59-28-13-6-14-29-59)60-37-39-61(40-38-60)79-73-44-35-55(52-22-9-4-10-23-52)47-69(73)70-48-56(36-45-74(70)79)53-24-11-5-12-25-53/h3-50H,1-2H3. The highest BCUT2D eigenvalue weighted by Gasteiger charge is 2.37. The Morgan fingerprint density at radius 1 is 0.266 bits per heavy atom. The molecule has 0 unspecified atom stereocenters. The Balaban J connectivity index is 0.815. The number of anilines is 3. The van der Waals surface area contributed by atoms with Crippen molar-refractivity contribution in [3.8, 4) is 72.4 Å². The van der Waals surface area contributed by atoms with Crippen molar-refractivity contribution in [1.29, 1.82) is 0 Å². The minimum absolute atomic E-state index is 0.274. The van der Waals surface area contributed by atoms with Gasteiger partial charge in [-0.1, -0.05) is 220 Å². The summed E-state index contributed by atoms with van der Waals surface area (Å²) >= 11 is 0. The molecule has 0 spiro atoms. The molecule has 0 atom stereocenters. The minimum atomic E-state index is -0.274. The maximum Gasteiger partial charge on any atom is 0.0541 e. The second kappa shape index (κ2) is 18.6. The van der Waals surface area contributed by atoms with Crippen LogP contribution in [0, 0.1) is 0 Å². The van der Waals surface area contributed by atoms with Gasteiger partial charge in [0.05, 0.1) is 11.0 Å². The third-order valence-electron chi connectivity index (χ3n) is 16.8. The fourth-order valence-electron chi connectivity index (χ4n) is 13.0. The van der Waals surface area contributed by atoms with E-state index in [0.29, 0.717) is 0 Å². The number of nitrogens with zero attached hydrogens (tertiary/aromatic N) is 2. The molecule has 2 heteroatoms. The highest BCUT2D eigenvalue weighted by molar-refractivity contribution is 6.22. The molecule has 2 nitrogen and oxygen atoms in total. The largest absolute Gasteiger partial charge is 0.310 e. The molecule has 0 radical (unpaired) electrons. The van der Waals surface area contributed by atoms with Gasteiger partial charge in [-0.3, -0.25) is 0 Å². The number of aromatic nitrogens is 1. The summed E-state index contributed by atoms with van der Waals surface area (Å²) in [7, 11) is 0. The number of benzene rings is 13. The summed E-state index contributed by atoms with van der Waals surface area (Å²) < 4.78 is 2.43. The summed E-state index contributed by atoms with van der Waals surface area (Å²) in [5.41, 5.74) is 24.1. The van der Waals surface area contributed by atoms with E-state index in [0.717, 1.165) is 22.7 Å². The third kappa shape index (κ3) is 7.71. The predicted molar refractivity (Wildman–Crippen MR) is 335 cm³/mol. The van der Waals surface area contributed by atoms with Gasteiger partial charge in [0, 0.05) is 38.9 Å². The molecule has 15 rings (SSSR count). The van der Waals surface area contributed by atoms with Gasteiger partial charge in [0.1, 0.15) is 0 Å². The van der Waals surface area contributed by atoms with Crippen molar-refractivity contribution in [3.05, 3.63) is 302 Å². The summed E-state index contributed by atoms with van der Waals surface area (Å²) in [6, 6.07) is 107. The lowest BCUT2D eigenvalue weighted by Gasteiger charge is -2.28. The number of fused-ring (bicyclic) bond motifs is 8. The van der Waals surface area contributed by atoms with E-state index in [1.807, 2.05) is 0 Å². The molecule has 1 aromatic heterocycles. The number of para-hydroxylation sites is 1. The van der Waals surface area contributed by atoms with Crippen molar-refractivity contribution in [2.24, 2.45) is 0 Å². The first-order chi connectivity index (χ1) is 38.9. The lowest BCUT2D eigenvalue weighted by molar-refractivity contribution is 0.660. The SMILES string of the molecule is CC1(C)c2cc(-c3c4ccccc4c(-c4cccc(-c5ccccc5)c4)c4ccccc34)ccc2-c2ccc(N(c3ccccc3)c3ccc(-n4c5ccc(-c6ccccc6)cc5c5cc(-c6ccccc6)ccc54)cc3)cc21. The molecule has 0 N–H and O–H groups in total. The van der Waals surface area contributed by atoms with Gasteiger partial charge in [-0.25, -0.2) is 0 Å². The van der Waals surface area contributed by atoms with Crippen molar-refractivity contribution in [1.82, 2.24) is 4.57 Å². The lowest BCUT2D eigenvalue weighted by Crippen LogP contribution is -2.16. The molecular weight excluding hydrogens is 953 g/mol. The normalized spacial score (nSPS) is 12.5. The Morgan fingerprint density at radius 3 is 1.16 bits per heavy atom. The van der Waals surface area contributed by atoms with Gasteiger partial charge in [-0.05, 0) is 184 Å². The van der Waals surface area contributed by atoms with Crippen LogP contribution in [0.5, 0.6) is 0 Å². The zero-order valence-electron chi connectivity index (χ0n) is 44.1. The molecule has 0 amide bonds. The highest BCUT2D eigenvalue weighted by Crippen LogP contribution is 2.53. The van der Waals surface area contributed by atoms with E-state index in [9.17, 15) is 0 Å². The fraction of sp³-hybridized carbons (Fsp3) is 0.0390. The number of hydrogen-bond acceptors (Lipinski definition) is 1. The van der Waals surface area contributed by atoms with Crippen molar-refractivity contribution in [3.63, 3.8) is 0 Å². The molecule has 0 aliphatic heterocycles. The molecule has 13 aromatic carbocycles. The number of rotatable bonds is 9. The van der Waals surface area contributed by atoms with E-state index in [2.05, 4.69) is 315 Å². The van der Waals surface area contributed by atoms with Gasteiger partial charge in [0.25, 0.3) is 0 Å². The van der Waals surface area contributed by atoms with Gasteiger partial charge < -0.3 is 9.47 Å². The van der Waals surface area contributed by atoms with Crippen LogP contribution in [-0.4, -0.2) is 4.57 Å². The maximum absolute atomic E-state index is 2.49. The first kappa shape index (κ1) is 46.3. The van der Waals surface area contributed by atoms with E-state index in [1.54, 1.807) is 0 Å². The molecule has 0 bridgehead atoms. The third-order valence-corrected chi connectivity index (χ3v) is 16.8. The van der Waals surface area contributed by atoms with Crippen LogP contribution in [0.1, 0.15) is 25.0 Å². The molecule has 1 aliphatic rings. The van der Waals surface area contributed by atoms with Crippen LogP contribution in [0.15, 0.2) is 291 Å². The first-order valence-electron chi connectivity index (χ1n) is 27.5. The maximum atomic E-state index is 2.49. The van der Waals surface area contributed by atoms with E-state index in [1.165, 1.54) is 121 Å². The summed E-state index contributed by atoms with van der Waals surface area (Å²) in [4.78, 5) is 2.41. The number of hydrogen-bond donors (Lipinski definition) is 0. The summed E-state index contributed by atoms with van der Waals surface area (Å²) in [5, 5.41) is 7.50. The zero-order chi connectivity index (χ0) is 52.6. The monoisotopic (exact) mass is 1010 g/mol. The fourth-order valence-corrected chi connectivity index (χ4v) is 13.0. The summed E-state index contributed by atoms with van der Waals surface area (Å²) in [6.07, 6.45) is 0. The Kier molecular flexibility index (Phi) is 10.9. The van der Waals surface area contributed by atoms with Gasteiger partial charge in [-0.2, -0.15) is 0 Å². The molecule has 1 aliphatic carbocycles. The molecular formula is C77H54N2. The van der Waals surface area contributed by atoms with Gasteiger partial charge in [0.15, 0.2) is 0 Å². The van der Waals surface area contributed by atoms with Gasteiger partial charge >= 0.3 is 0 Å². The smallest absolute Gasteiger partial charge is 0.0541 e. The van der Waals surface area contributed by atoms with Gasteiger partial charge in [0.2, 0.25) is 0 Å². The zero-order valence-corrected chi connectivity index (χ0v) is 44.1. The first-order valence-corrected chi connectivity index (χ1v) is 27.5. The average molecular weight is 1010 g/mol. The summed E-state index contributed by atoms with van der Waals surface area (Å²) in [6.45, 7) is 4.81. The lowest BCUT2D eigenvalue weighted by atomic mass is 9.80. The molecule has 0 fully saturated rings. The van der Waals surface area contributed by atoms with Crippen LogP contribution in [0.25, 0.3) is 116 Å². The van der Waals surface area contributed by atoms with Crippen molar-refractivity contribution >= 4 is 60.4 Å². The second-order valence-corrected chi connectivity index (χ2v) is 21.6. The highest BCUT2D eigenvalue weighted by atomic mass is 15.1. The van der Waals surface area contributed by atoms with Crippen LogP contribution in [0.3, 0.4) is 0 Å². The molecule has 372 valence electrons. The molecule has 1 heterocycles. The van der Waals surface area contributed by atoms with Crippen molar-refractivity contribution in [2.75, 3.05) is 4.90 Å². The Bertz CT molecular complexity index is 4500. The quantitative estimate of drug-likeness (QED) is 0.131. The molecule has 0 saturated heterocycles. The average Bonchev–Trinajstić information content (AvgIpc) is 4.23. The van der Waals surface area contributed by atoms with E-state index < -0.39 is 0 Å². The Labute approximate surface area is 461 Å². The van der Waals surface area contributed by atoms with E-state index in [4.69, 9.17) is 0 Å². The van der Waals surface area contributed by atoms with Crippen LogP contribution in [-0.2, 0) is 5.41 Å². The van der Waals surface area contributed by atoms with E-state index >= 15 is 0 Å². The minimum Gasteiger partial charge on any atom is -0.310 e. The summed E-state index contributed by atoms with van der Waals surface area (Å²) in [5.74, 6) is 0. The van der Waals surface area contributed by atoms with Crippen LogP contribution >= 0.6 is 0 Å². The predicted octanol–water partition coefficient (Wildman–Crippen LogP) is 21.2. The van der Waals surface area contributed by atoms with Crippen LogP contribution in [0.4, 0.5) is 17.1 Å². The molecule has 79 heavy (non-hydrogen) atoms. The van der Waals surface area contributed by atoms with Crippen molar-refractivity contribution < 1.29 is 0 Å². The molecule has 14 aromatic rings. The Morgan fingerprint density at radius 2 is 0.646 bits per heavy atom. The van der Waals surface area contributed by atoms with E-state index in [-0.39, 0.29) is 5.41 Å². The van der Waals surface area contributed by atoms with Gasteiger partial charge in [-0.15, -0.1) is 0 Å².